The summed E-state index contributed by atoms with van der Waals surface area (Å²) in [5.74, 6) is 1.10. The van der Waals surface area contributed by atoms with E-state index in [9.17, 15) is 4.79 Å². The molecule has 20 heavy (non-hydrogen) atoms. The van der Waals surface area contributed by atoms with Crippen molar-refractivity contribution in [2.75, 3.05) is 13.1 Å². The van der Waals surface area contributed by atoms with Gasteiger partial charge in [-0.3, -0.25) is 0 Å². The van der Waals surface area contributed by atoms with Gasteiger partial charge in [-0.25, -0.2) is 4.79 Å². The number of urea groups is 1. The lowest BCUT2D eigenvalue weighted by Gasteiger charge is -2.43. The lowest BCUT2D eigenvalue weighted by Crippen LogP contribution is -2.49. The fourth-order valence-electron chi connectivity index (χ4n) is 4.03. The number of hydrogen-bond acceptors (Lipinski definition) is 2. The van der Waals surface area contributed by atoms with Gasteiger partial charge in [0.25, 0.3) is 0 Å². The molecule has 0 radical (unpaired) electrons. The van der Waals surface area contributed by atoms with Crippen molar-refractivity contribution in [3.63, 3.8) is 0 Å². The normalized spacial score (nSPS) is 33.0. The second kappa shape index (κ2) is 5.09. The smallest absolute Gasteiger partial charge is 0.315 e. The number of aryl methyl sites for hydroxylation is 1. The summed E-state index contributed by atoms with van der Waals surface area (Å²) >= 11 is 0. The van der Waals surface area contributed by atoms with E-state index in [2.05, 4.69) is 37.4 Å². The number of nitrogens with one attached hydrogen (secondary N) is 1. The zero-order chi connectivity index (χ0) is 14.3. The van der Waals surface area contributed by atoms with Crippen LogP contribution in [-0.2, 0) is 0 Å². The number of amides is 2. The maximum atomic E-state index is 11.8. The summed E-state index contributed by atoms with van der Waals surface area (Å²) in [6.45, 7) is 6.10. The number of piperidine rings is 1. The average Bonchev–Trinajstić information content (AvgIpc) is 2.80. The third-order valence-corrected chi connectivity index (χ3v) is 5.10. The molecule has 108 valence electrons. The molecule has 0 bridgehead atoms. The third-order valence-electron chi connectivity index (χ3n) is 5.10. The Balaban J connectivity index is 2.01. The summed E-state index contributed by atoms with van der Waals surface area (Å²) < 4.78 is 0. The van der Waals surface area contributed by atoms with E-state index in [4.69, 9.17) is 5.73 Å². The van der Waals surface area contributed by atoms with E-state index < -0.39 is 0 Å². The van der Waals surface area contributed by atoms with Crippen LogP contribution >= 0.6 is 0 Å². The molecular weight excluding hydrogens is 250 g/mol. The largest absolute Gasteiger partial charge is 0.351 e. The van der Waals surface area contributed by atoms with Gasteiger partial charge in [0, 0.05) is 25.0 Å². The van der Waals surface area contributed by atoms with Crippen LogP contribution in [0.25, 0.3) is 0 Å². The van der Waals surface area contributed by atoms with Gasteiger partial charge in [-0.2, -0.15) is 0 Å². The van der Waals surface area contributed by atoms with Crippen molar-refractivity contribution in [2.24, 2.45) is 17.6 Å². The van der Waals surface area contributed by atoms with E-state index >= 15 is 0 Å². The van der Waals surface area contributed by atoms with Crippen molar-refractivity contribution >= 4 is 6.03 Å². The first kappa shape index (κ1) is 13.4. The van der Waals surface area contributed by atoms with Gasteiger partial charge < -0.3 is 16.0 Å². The molecule has 1 aromatic rings. The third kappa shape index (κ3) is 2.08. The Bertz CT molecular complexity index is 516. The molecule has 2 saturated heterocycles. The lowest BCUT2D eigenvalue weighted by atomic mass is 9.76. The minimum absolute atomic E-state index is 0.116. The Morgan fingerprint density at radius 2 is 2.10 bits per heavy atom. The van der Waals surface area contributed by atoms with Crippen molar-refractivity contribution in [1.29, 1.82) is 0 Å². The maximum Gasteiger partial charge on any atom is 0.315 e. The Morgan fingerprint density at radius 3 is 2.80 bits per heavy atom. The SMILES string of the molecule is Cc1ccccc1C1C2CNC(C)C2CCN1C(N)=O. The molecule has 4 atom stereocenters. The van der Waals surface area contributed by atoms with Crippen LogP contribution in [0.15, 0.2) is 24.3 Å². The molecule has 4 unspecified atom stereocenters. The molecule has 1 aromatic carbocycles. The first-order chi connectivity index (χ1) is 9.59. The predicted octanol–water partition coefficient (Wildman–Crippen LogP) is 2.04. The second-order valence-corrected chi connectivity index (χ2v) is 6.15. The zero-order valence-corrected chi connectivity index (χ0v) is 12.2. The van der Waals surface area contributed by atoms with Crippen LogP contribution in [0.2, 0.25) is 0 Å². The summed E-state index contributed by atoms with van der Waals surface area (Å²) in [7, 11) is 0. The highest BCUT2D eigenvalue weighted by Gasteiger charge is 2.45. The molecule has 4 nitrogen and oxygen atoms in total. The summed E-state index contributed by atoms with van der Waals surface area (Å²) in [6, 6.07) is 8.70. The van der Waals surface area contributed by atoms with E-state index in [0.717, 1.165) is 19.5 Å². The van der Waals surface area contributed by atoms with Gasteiger partial charge in [-0.05, 0) is 37.3 Å². The topological polar surface area (TPSA) is 58.4 Å². The van der Waals surface area contributed by atoms with Crippen molar-refractivity contribution in [3.8, 4) is 0 Å². The van der Waals surface area contributed by atoms with Gasteiger partial charge in [0.15, 0.2) is 0 Å². The number of carbonyl (C=O) groups is 1. The molecule has 2 fully saturated rings. The first-order valence-electron chi connectivity index (χ1n) is 7.44. The fraction of sp³-hybridized carbons (Fsp3) is 0.562. The Hall–Kier alpha value is -1.55. The molecule has 2 heterocycles. The molecule has 0 aromatic heterocycles. The molecule has 0 saturated carbocycles. The van der Waals surface area contributed by atoms with Crippen molar-refractivity contribution in [2.45, 2.75) is 32.4 Å². The summed E-state index contributed by atoms with van der Waals surface area (Å²) in [5, 5.41) is 3.56. The Kier molecular flexibility index (Phi) is 3.42. The van der Waals surface area contributed by atoms with Gasteiger partial charge in [0.2, 0.25) is 0 Å². The monoisotopic (exact) mass is 273 g/mol. The number of rotatable bonds is 1. The molecule has 3 rings (SSSR count). The van der Waals surface area contributed by atoms with Crippen LogP contribution in [0.1, 0.15) is 30.5 Å². The van der Waals surface area contributed by atoms with Gasteiger partial charge in [0.05, 0.1) is 6.04 Å². The minimum atomic E-state index is -0.295. The maximum absolute atomic E-state index is 11.8. The van der Waals surface area contributed by atoms with E-state index in [-0.39, 0.29) is 12.1 Å². The van der Waals surface area contributed by atoms with Crippen LogP contribution in [0, 0.1) is 18.8 Å². The molecule has 0 spiro atoms. The van der Waals surface area contributed by atoms with Crippen LogP contribution in [0.4, 0.5) is 4.79 Å². The standard InChI is InChI=1S/C16H23N3O/c1-10-5-3-4-6-12(10)15-14-9-18-11(2)13(14)7-8-19(15)16(17)20/h3-6,11,13-15,18H,7-9H2,1-2H3,(H2,17,20). The van der Waals surface area contributed by atoms with E-state index in [1.165, 1.54) is 11.1 Å². The number of hydrogen-bond donors (Lipinski definition) is 2. The molecule has 3 N–H and O–H groups in total. The molecule has 0 aliphatic carbocycles. The van der Waals surface area contributed by atoms with Crippen LogP contribution in [0.3, 0.4) is 0 Å². The van der Waals surface area contributed by atoms with Crippen molar-refractivity contribution < 1.29 is 4.79 Å². The summed E-state index contributed by atoms with van der Waals surface area (Å²) in [4.78, 5) is 13.7. The lowest BCUT2D eigenvalue weighted by molar-refractivity contribution is 0.0930. The second-order valence-electron chi connectivity index (χ2n) is 6.15. The summed E-state index contributed by atoms with van der Waals surface area (Å²) in [5.41, 5.74) is 8.12. The average molecular weight is 273 g/mol. The van der Waals surface area contributed by atoms with Gasteiger partial charge in [0.1, 0.15) is 0 Å². The highest BCUT2D eigenvalue weighted by Crippen LogP contribution is 2.43. The Morgan fingerprint density at radius 1 is 1.35 bits per heavy atom. The van der Waals surface area contributed by atoms with Gasteiger partial charge in [-0.1, -0.05) is 24.3 Å². The molecule has 2 aliphatic rings. The van der Waals surface area contributed by atoms with E-state index in [0.29, 0.717) is 17.9 Å². The molecule has 2 amide bonds. The number of primary amides is 1. The highest BCUT2D eigenvalue weighted by molar-refractivity contribution is 5.73. The van der Waals surface area contributed by atoms with E-state index in [1.54, 1.807) is 0 Å². The zero-order valence-electron chi connectivity index (χ0n) is 12.2. The van der Waals surface area contributed by atoms with Crippen LogP contribution in [0.5, 0.6) is 0 Å². The number of carbonyl (C=O) groups excluding carboxylic acids is 1. The number of nitrogens with two attached hydrogens (primary N) is 1. The number of fused-ring (bicyclic) bond motifs is 1. The van der Waals surface area contributed by atoms with E-state index in [1.807, 2.05) is 11.0 Å². The van der Waals surface area contributed by atoms with Crippen molar-refractivity contribution in [1.82, 2.24) is 10.2 Å². The molecular formula is C16H23N3O. The molecule has 4 heteroatoms. The fourth-order valence-corrected chi connectivity index (χ4v) is 4.03. The highest BCUT2D eigenvalue weighted by atomic mass is 16.2. The molecule has 2 aliphatic heterocycles. The van der Waals surface area contributed by atoms with Crippen molar-refractivity contribution in [3.05, 3.63) is 35.4 Å². The number of benzene rings is 1. The predicted molar refractivity (Wildman–Crippen MR) is 79.3 cm³/mol. The Labute approximate surface area is 120 Å². The summed E-state index contributed by atoms with van der Waals surface area (Å²) in [6.07, 6.45) is 1.05. The quantitative estimate of drug-likeness (QED) is 0.822. The van der Waals surface area contributed by atoms with Gasteiger partial charge >= 0.3 is 6.03 Å². The van der Waals surface area contributed by atoms with Crippen LogP contribution in [-0.4, -0.2) is 30.1 Å². The van der Waals surface area contributed by atoms with Crippen LogP contribution < -0.4 is 11.1 Å². The first-order valence-corrected chi connectivity index (χ1v) is 7.44. The number of nitrogens with zero attached hydrogens (tertiary/aromatic N) is 1. The minimum Gasteiger partial charge on any atom is -0.351 e. The number of likely N-dealkylation sites (tertiary alicyclic amines) is 1. The van der Waals surface area contributed by atoms with Gasteiger partial charge in [-0.15, -0.1) is 0 Å².